The van der Waals surface area contributed by atoms with Crippen molar-refractivity contribution >= 4 is 22.5 Å². The summed E-state index contributed by atoms with van der Waals surface area (Å²) in [4.78, 5) is 4.41. The first-order valence-corrected chi connectivity index (χ1v) is 6.88. The number of benzene rings is 1. The lowest BCUT2D eigenvalue weighted by Crippen LogP contribution is -2.32. The summed E-state index contributed by atoms with van der Waals surface area (Å²) in [5.41, 5.74) is 8.55. The summed E-state index contributed by atoms with van der Waals surface area (Å²) in [7, 11) is 0. The second-order valence-electron chi connectivity index (χ2n) is 5.21. The minimum atomic E-state index is 0.148. The highest BCUT2D eigenvalue weighted by Gasteiger charge is 2.35. The van der Waals surface area contributed by atoms with Crippen molar-refractivity contribution in [2.24, 2.45) is 5.73 Å². The van der Waals surface area contributed by atoms with E-state index >= 15 is 0 Å². The predicted molar refractivity (Wildman–Crippen MR) is 76.0 cm³/mol. The van der Waals surface area contributed by atoms with E-state index in [2.05, 4.69) is 17.1 Å². The van der Waals surface area contributed by atoms with Crippen LogP contribution < -0.4 is 5.73 Å². The zero-order chi connectivity index (χ0) is 12.6. The molecule has 1 aromatic heterocycles. The molecule has 3 rings (SSSR count). The van der Waals surface area contributed by atoms with Crippen LogP contribution in [0.3, 0.4) is 0 Å². The van der Waals surface area contributed by atoms with E-state index in [0.717, 1.165) is 17.1 Å². The number of aromatic nitrogens is 1. The topological polar surface area (TPSA) is 38.9 Å². The molecule has 0 aliphatic heterocycles. The standard InChI is InChI=1S/C15H17ClN2/c16-11-3-4-12-13(5-8-18-14(12)9-11)15(10-17)6-1-2-7-15/h3-5,8-9H,1-2,6-7,10,17H2. The van der Waals surface area contributed by atoms with Crippen LogP contribution in [-0.4, -0.2) is 11.5 Å². The number of pyridine rings is 1. The van der Waals surface area contributed by atoms with Gasteiger partial charge in [-0.1, -0.05) is 30.5 Å². The Morgan fingerprint density at radius 3 is 2.72 bits per heavy atom. The van der Waals surface area contributed by atoms with Gasteiger partial charge in [-0.15, -0.1) is 0 Å². The van der Waals surface area contributed by atoms with E-state index in [-0.39, 0.29) is 5.41 Å². The minimum Gasteiger partial charge on any atom is -0.330 e. The highest BCUT2D eigenvalue weighted by Crippen LogP contribution is 2.42. The summed E-state index contributed by atoms with van der Waals surface area (Å²) >= 11 is 6.03. The molecule has 3 heteroatoms. The van der Waals surface area contributed by atoms with E-state index in [1.165, 1.54) is 36.6 Å². The van der Waals surface area contributed by atoms with Crippen LogP contribution in [0.4, 0.5) is 0 Å². The molecular weight excluding hydrogens is 244 g/mol. The van der Waals surface area contributed by atoms with Crippen LogP contribution >= 0.6 is 11.6 Å². The molecule has 1 aliphatic carbocycles. The first kappa shape index (κ1) is 11.9. The molecule has 94 valence electrons. The molecule has 2 aromatic rings. The maximum atomic E-state index is 6.08. The molecule has 1 heterocycles. The van der Waals surface area contributed by atoms with Gasteiger partial charge in [-0.05, 0) is 36.6 Å². The third kappa shape index (κ3) is 1.80. The van der Waals surface area contributed by atoms with Gasteiger partial charge in [0.2, 0.25) is 0 Å². The molecule has 2 nitrogen and oxygen atoms in total. The summed E-state index contributed by atoms with van der Waals surface area (Å²) in [5.74, 6) is 0. The molecule has 18 heavy (non-hydrogen) atoms. The van der Waals surface area contributed by atoms with Crippen molar-refractivity contribution in [1.29, 1.82) is 0 Å². The molecule has 0 bridgehead atoms. The average Bonchev–Trinajstić information content (AvgIpc) is 2.87. The highest BCUT2D eigenvalue weighted by atomic mass is 35.5. The zero-order valence-electron chi connectivity index (χ0n) is 10.3. The summed E-state index contributed by atoms with van der Waals surface area (Å²) in [6, 6.07) is 8.08. The number of nitrogens with two attached hydrogens (primary N) is 1. The molecular formula is C15H17ClN2. The maximum absolute atomic E-state index is 6.08. The van der Waals surface area contributed by atoms with E-state index in [1.807, 2.05) is 18.3 Å². The fourth-order valence-corrected chi connectivity index (χ4v) is 3.39. The smallest absolute Gasteiger partial charge is 0.0719 e. The van der Waals surface area contributed by atoms with Crippen molar-refractivity contribution in [3.05, 3.63) is 41.0 Å². The molecule has 1 aliphatic rings. The van der Waals surface area contributed by atoms with E-state index in [0.29, 0.717) is 0 Å². The third-order valence-electron chi connectivity index (χ3n) is 4.23. The summed E-state index contributed by atoms with van der Waals surface area (Å²) in [5, 5.41) is 1.94. The lowest BCUT2D eigenvalue weighted by Gasteiger charge is -2.29. The normalized spacial score (nSPS) is 18.3. The van der Waals surface area contributed by atoms with Crippen molar-refractivity contribution in [3.8, 4) is 0 Å². The molecule has 0 amide bonds. The Kier molecular flexibility index (Phi) is 3.00. The van der Waals surface area contributed by atoms with Gasteiger partial charge in [-0.2, -0.15) is 0 Å². The number of halogens is 1. The Labute approximate surface area is 112 Å². The predicted octanol–water partition coefficient (Wildman–Crippen LogP) is 3.66. The quantitative estimate of drug-likeness (QED) is 0.895. The first-order chi connectivity index (χ1) is 8.75. The van der Waals surface area contributed by atoms with Crippen molar-refractivity contribution < 1.29 is 0 Å². The zero-order valence-corrected chi connectivity index (χ0v) is 11.1. The van der Waals surface area contributed by atoms with Crippen molar-refractivity contribution in [3.63, 3.8) is 0 Å². The van der Waals surface area contributed by atoms with Crippen LogP contribution in [0.5, 0.6) is 0 Å². The monoisotopic (exact) mass is 260 g/mol. The van der Waals surface area contributed by atoms with E-state index in [9.17, 15) is 0 Å². The Balaban J connectivity index is 2.22. The molecule has 2 N–H and O–H groups in total. The summed E-state index contributed by atoms with van der Waals surface area (Å²) in [6.45, 7) is 0.717. The Hall–Kier alpha value is -1.12. The van der Waals surface area contributed by atoms with Crippen molar-refractivity contribution in [2.45, 2.75) is 31.1 Å². The number of fused-ring (bicyclic) bond motifs is 1. The number of hydrogen-bond donors (Lipinski definition) is 1. The van der Waals surface area contributed by atoms with Gasteiger partial charge in [0, 0.05) is 28.6 Å². The second kappa shape index (κ2) is 4.52. The Morgan fingerprint density at radius 2 is 2.00 bits per heavy atom. The van der Waals surface area contributed by atoms with Crippen LogP contribution in [0.1, 0.15) is 31.2 Å². The maximum Gasteiger partial charge on any atom is 0.0719 e. The van der Waals surface area contributed by atoms with Gasteiger partial charge >= 0.3 is 0 Å². The third-order valence-corrected chi connectivity index (χ3v) is 4.46. The minimum absolute atomic E-state index is 0.148. The second-order valence-corrected chi connectivity index (χ2v) is 5.65. The van der Waals surface area contributed by atoms with Gasteiger partial charge in [0.05, 0.1) is 5.52 Å². The summed E-state index contributed by atoms with van der Waals surface area (Å²) < 4.78 is 0. The fraction of sp³-hybridized carbons (Fsp3) is 0.400. The van der Waals surface area contributed by atoms with Gasteiger partial charge in [-0.3, -0.25) is 4.98 Å². The van der Waals surface area contributed by atoms with E-state index in [4.69, 9.17) is 17.3 Å². The highest BCUT2D eigenvalue weighted by molar-refractivity contribution is 6.31. The van der Waals surface area contributed by atoms with Gasteiger partial charge in [0.1, 0.15) is 0 Å². The Morgan fingerprint density at radius 1 is 1.22 bits per heavy atom. The van der Waals surface area contributed by atoms with Crippen molar-refractivity contribution in [1.82, 2.24) is 4.98 Å². The molecule has 0 atom stereocenters. The molecule has 0 spiro atoms. The van der Waals surface area contributed by atoms with Gasteiger partial charge in [0.15, 0.2) is 0 Å². The molecule has 1 saturated carbocycles. The van der Waals surface area contributed by atoms with Gasteiger partial charge < -0.3 is 5.73 Å². The molecule has 0 radical (unpaired) electrons. The van der Waals surface area contributed by atoms with Crippen LogP contribution in [0.2, 0.25) is 5.02 Å². The van der Waals surface area contributed by atoms with Crippen LogP contribution in [0, 0.1) is 0 Å². The molecule has 1 fully saturated rings. The van der Waals surface area contributed by atoms with Crippen molar-refractivity contribution in [2.75, 3.05) is 6.54 Å². The fourth-order valence-electron chi connectivity index (χ4n) is 3.22. The van der Waals surface area contributed by atoms with Crippen LogP contribution in [-0.2, 0) is 5.41 Å². The Bertz CT molecular complexity index is 574. The largest absolute Gasteiger partial charge is 0.330 e. The summed E-state index contributed by atoms with van der Waals surface area (Å²) in [6.07, 6.45) is 6.80. The van der Waals surface area contributed by atoms with E-state index < -0.39 is 0 Å². The number of nitrogens with zero attached hydrogens (tertiary/aromatic N) is 1. The molecule has 1 aromatic carbocycles. The molecule has 0 unspecified atom stereocenters. The first-order valence-electron chi connectivity index (χ1n) is 6.50. The number of hydrogen-bond acceptors (Lipinski definition) is 2. The van der Waals surface area contributed by atoms with Gasteiger partial charge in [0.25, 0.3) is 0 Å². The lowest BCUT2D eigenvalue weighted by molar-refractivity contribution is 0.456. The molecule has 0 saturated heterocycles. The lowest BCUT2D eigenvalue weighted by atomic mass is 9.77. The SMILES string of the molecule is NCC1(c2ccnc3cc(Cl)ccc23)CCCC1. The number of rotatable bonds is 2. The van der Waals surface area contributed by atoms with Gasteiger partial charge in [-0.25, -0.2) is 0 Å². The van der Waals surface area contributed by atoms with Crippen LogP contribution in [0.25, 0.3) is 10.9 Å². The van der Waals surface area contributed by atoms with Crippen LogP contribution in [0.15, 0.2) is 30.5 Å². The average molecular weight is 261 g/mol. The van der Waals surface area contributed by atoms with E-state index in [1.54, 1.807) is 0 Å².